The lowest BCUT2D eigenvalue weighted by atomic mass is 9.90. The Kier molecular flexibility index (Phi) is 3.77. The van der Waals surface area contributed by atoms with Gasteiger partial charge in [-0.2, -0.15) is 0 Å². The molecule has 3 rings (SSSR count). The van der Waals surface area contributed by atoms with Crippen molar-refractivity contribution >= 4 is 11.4 Å². The highest BCUT2D eigenvalue weighted by molar-refractivity contribution is 5.52. The van der Waals surface area contributed by atoms with Gasteiger partial charge in [-0.1, -0.05) is 0 Å². The van der Waals surface area contributed by atoms with E-state index in [0.717, 1.165) is 6.07 Å². The lowest BCUT2D eigenvalue weighted by Gasteiger charge is -2.38. The third kappa shape index (κ3) is 2.77. The number of aromatic nitrogens is 2. The molecule has 1 fully saturated rings. The number of aliphatic hydroxyl groups is 1. The van der Waals surface area contributed by atoms with Crippen LogP contribution in [0.2, 0.25) is 0 Å². The van der Waals surface area contributed by atoms with Crippen LogP contribution in [0.15, 0.2) is 30.6 Å². The van der Waals surface area contributed by atoms with Crippen LogP contribution in [0.4, 0.5) is 15.8 Å². The third-order valence-electron chi connectivity index (χ3n) is 4.31. The number of halogens is 1. The molecular formula is C15H17FN4O3. The number of rotatable bonds is 3. The molecule has 2 heterocycles. The zero-order valence-corrected chi connectivity index (χ0v) is 12.6. The van der Waals surface area contributed by atoms with E-state index >= 15 is 0 Å². The number of nitrogens with zero attached hydrogens (tertiary/aromatic N) is 4. The quantitative estimate of drug-likeness (QED) is 0.690. The molecule has 1 N–H and O–H groups in total. The van der Waals surface area contributed by atoms with Crippen LogP contribution in [-0.4, -0.2) is 32.7 Å². The van der Waals surface area contributed by atoms with Crippen LogP contribution in [0.3, 0.4) is 0 Å². The predicted octanol–water partition coefficient (Wildman–Crippen LogP) is 1.96. The summed E-state index contributed by atoms with van der Waals surface area (Å²) >= 11 is 0. The van der Waals surface area contributed by atoms with Gasteiger partial charge in [-0.3, -0.25) is 10.1 Å². The number of benzene rings is 1. The molecule has 1 aliphatic heterocycles. The Morgan fingerprint density at radius 2 is 2.09 bits per heavy atom. The van der Waals surface area contributed by atoms with Crippen LogP contribution in [0, 0.1) is 15.9 Å². The summed E-state index contributed by atoms with van der Waals surface area (Å²) in [4.78, 5) is 16.0. The van der Waals surface area contributed by atoms with Crippen molar-refractivity contribution in [1.29, 1.82) is 0 Å². The van der Waals surface area contributed by atoms with Crippen molar-refractivity contribution in [2.24, 2.45) is 7.05 Å². The normalized spacial score (nSPS) is 17.3. The van der Waals surface area contributed by atoms with E-state index in [2.05, 4.69) is 4.98 Å². The fraction of sp³-hybridized carbons (Fsp3) is 0.400. The van der Waals surface area contributed by atoms with Gasteiger partial charge in [-0.05, 0) is 6.07 Å². The predicted molar refractivity (Wildman–Crippen MR) is 81.6 cm³/mol. The van der Waals surface area contributed by atoms with Gasteiger partial charge in [0.15, 0.2) is 5.82 Å². The smallest absolute Gasteiger partial charge is 0.272 e. The molecule has 0 unspecified atom stereocenters. The number of hydrogen-bond acceptors (Lipinski definition) is 5. The lowest BCUT2D eigenvalue weighted by molar-refractivity contribution is -0.385. The van der Waals surface area contributed by atoms with Crippen LogP contribution < -0.4 is 4.90 Å². The summed E-state index contributed by atoms with van der Waals surface area (Å²) in [6.45, 7) is 0.885. The maximum absolute atomic E-state index is 14.1. The monoisotopic (exact) mass is 320 g/mol. The molecule has 8 heteroatoms. The van der Waals surface area contributed by atoms with Gasteiger partial charge in [-0.25, -0.2) is 9.37 Å². The second-order valence-corrected chi connectivity index (χ2v) is 5.77. The molecule has 122 valence electrons. The molecule has 1 saturated heterocycles. The SMILES string of the molecule is Cn1ccnc1C1(O)CCN(c2ccc([N+](=O)[O-])cc2F)CC1. The standard InChI is InChI=1S/C15H17FN4O3/c1-18-9-6-17-14(18)15(21)4-7-19(8-5-15)13-3-2-11(20(22)23)10-12(13)16/h2-3,6,9-10,21H,4-5,7-8H2,1H3. The Balaban J connectivity index is 1.77. The number of anilines is 1. The molecule has 0 spiro atoms. The summed E-state index contributed by atoms with van der Waals surface area (Å²) in [5.41, 5.74) is -0.989. The van der Waals surface area contributed by atoms with E-state index in [1.165, 1.54) is 12.1 Å². The maximum atomic E-state index is 14.1. The molecule has 0 saturated carbocycles. The van der Waals surface area contributed by atoms with Crippen molar-refractivity contribution in [1.82, 2.24) is 9.55 Å². The Labute approximate surface area is 132 Å². The Morgan fingerprint density at radius 1 is 1.39 bits per heavy atom. The van der Waals surface area contributed by atoms with Crippen LogP contribution >= 0.6 is 0 Å². The van der Waals surface area contributed by atoms with Crippen LogP contribution in [-0.2, 0) is 12.6 Å². The molecule has 1 aliphatic rings. The van der Waals surface area contributed by atoms with Gasteiger partial charge in [0.25, 0.3) is 5.69 Å². The minimum Gasteiger partial charge on any atom is -0.382 e. The summed E-state index contributed by atoms with van der Waals surface area (Å²) < 4.78 is 15.9. The second kappa shape index (κ2) is 5.62. The zero-order valence-electron chi connectivity index (χ0n) is 12.6. The highest BCUT2D eigenvalue weighted by Gasteiger charge is 2.37. The molecule has 0 radical (unpaired) electrons. The first-order valence-electron chi connectivity index (χ1n) is 7.30. The second-order valence-electron chi connectivity index (χ2n) is 5.77. The van der Waals surface area contributed by atoms with Gasteiger partial charge in [0.05, 0.1) is 16.7 Å². The highest BCUT2D eigenvalue weighted by Crippen LogP contribution is 2.34. The maximum Gasteiger partial charge on any atom is 0.272 e. The molecule has 7 nitrogen and oxygen atoms in total. The highest BCUT2D eigenvalue weighted by atomic mass is 19.1. The molecule has 0 atom stereocenters. The van der Waals surface area contributed by atoms with Crippen LogP contribution in [0.25, 0.3) is 0 Å². The first-order valence-corrected chi connectivity index (χ1v) is 7.30. The first-order chi connectivity index (χ1) is 10.9. The summed E-state index contributed by atoms with van der Waals surface area (Å²) in [7, 11) is 1.82. The summed E-state index contributed by atoms with van der Waals surface area (Å²) in [5, 5.41) is 21.4. The Morgan fingerprint density at radius 3 is 2.61 bits per heavy atom. The van der Waals surface area contributed by atoms with Crippen molar-refractivity contribution in [3.63, 3.8) is 0 Å². The van der Waals surface area contributed by atoms with E-state index in [1.54, 1.807) is 21.9 Å². The van der Waals surface area contributed by atoms with Gasteiger partial charge in [-0.15, -0.1) is 0 Å². The number of piperidine rings is 1. The number of nitro benzene ring substituents is 1. The Hall–Kier alpha value is -2.48. The molecule has 0 bridgehead atoms. The number of non-ortho nitro benzene ring substituents is 1. The van der Waals surface area contributed by atoms with Gasteiger partial charge in [0.1, 0.15) is 11.4 Å². The van der Waals surface area contributed by atoms with E-state index < -0.39 is 16.3 Å². The van der Waals surface area contributed by atoms with Crippen molar-refractivity contribution in [2.75, 3.05) is 18.0 Å². The molecule has 0 amide bonds. The molecule has 1 aromatic carbocycles. The van der Waals surface area contributed by atoms with E-state index in [9.17, 15) is 19.6 Å². The van der Waals surface area contributed by atoms with Gasteiger partial charge in [0.2, 0.25) is 0 Å². The topological polar surface area (TPSA) is 84.4 Å². The number of hydrogen-bond donors (Lipinski definition) is 1. The first kappa shape index (κ1) is 15.4. The van der Waals surface area contributed by atoms with E-state index in [-0.39, 0.29) is 5.69 Å². The molecular weight excluding hydrogens is 303 g/mol. The fourth-order valence-corrected chi connectivity index (χ4v) is 3.02. The molecule has 1 aromatic heterocycles. The summed E-state index contributed by atoms with van der Waals surface area (Å²) in [5.74, 6) is -0.0250. The zero-order chi connectivity index (χ0) is 16.6. The third-order valence-corrected chi connectivity index (χ3v) is 4.31. The van der Waals surface area contributed by atoms with E-state index in [0.29, 0.717) is 37.4 Å². The minimum absolute atomic E-state index is 0.271. The Bertz CT molecular complexity index is 738. The fourth-order valence-electron chi connectivity index (χ4n) is 3.02. The van der Waals surface area contributed by atoms with E-state index in [4.69, 9.17) is 0 Å². The average Bonchev–Trinajstić information content (AvgIpc) is 2.95. The van der Waals surface area contributed by atoms with Crippen molar-refractivity contribution in [3.8, 4) is 0 Å². The largest absolute Gasteiger partial charge is 0.382 e. The number of aryl methyl sites for hydroxylation is 1. The summed E-state index contributed by atoms with van der Waals surface area (Å²) in [6, 6.07) is 3.63. The number of nitro groups is 1. The van der Waals surface area contributed by atoms with E-state index in [1.807, 2.05) is 7.05 Å². The van der Waals surface area contributed by atoms with Crippen molar-refractivity contribution in [3.05, 3.63) is 52.3 Å². The van der Waals surface area contributed by atoms with Crippen molar-refractivity contribution < 1.29 is 14.4 Å². The molecule has 0 aliphatic carbocycles. The lowest BCUT2D eigenvalue weighted by Crippen LogP contribution is -2.44. The van der Waals surface area contributed by atoms with Crippen molar-refractivity contribution in [2.45, 2.75) is 18.4 Å². The minimum atomic E-state index is -1.04. The average molecular weight is 320 g/mol. The summed E-state index contributed by atoms with van der Waals surface area (Å²) in [6.07, 6.45) is 4.23. The van der Waals surface area contributed by atoms with Crippen LogP contribution in [0.1, 0.15) is 18.7 Å². The number of imidazole rings is 1. The molecule has 23 heavy (non-hydrogen) atoms. The van der Waals surface area contributed by atoms with Crippen LogP contribution in [0.5, 0.6) is 0 Å². The van der Waals surface area contributed by atoms with Gasteiger partial charge < -0.3 is 14.6 Å². The van der Waals surface area contributed by atoms with Gasteiger partial charge in [0, 0.05) is 51.4 Å². The molecule has 2 aromatic rings. The van der Waals surface area contributed by atoms with Gasteiger partial charge >= 0.3 is 0 Å².